The number of nitro groups is 1. The molecule has 0 aliphatic heterocycles. The zero-order valence-corrected chi connectivity index (χ0v) is 16.5. The van der Waals surface area contributed by atoms with E-state index in [0.29, 0.717) is 39.1 Å². The van der Waals surface area contributed by atoms with Crippen LogP contribution >= 0.6 is 23.2 Å². The monoisotopic (exact) mass is 424 g/mol. The first-order valence-electron chi connectivity index (χ1n) is 8.50. The van der Waals surface area contributed by atoms with Crippen molar-refractivity contribution in [3.05, 3.63) is 104 Å². The summed E-state index contributed by atoms with van der Waals surface area (Å²) in [6, 6.07) is 20.7. The second-order valence-electron chi connectivity index (χ2n) is 6.06. The Morgan fingerprint density at radius 1 is 1.07 bits per heavy atom. The highest BCUT2D eigenvalue weighted by Gasteiger charge is 2.11. The van der Waals surface area contributed by atoms with Crippen LogP contribution in [0.2, 0.25) is 10.0 Å². The second-order valence-corrected chi connectivity index (χ2v) is 6.88. The molecule has 3 aromatic carbocycles. The Hall–Kier alpha value is -3.33. The number of nitriles is 1. The second kappa shape index (κ2) is 9.24. The van der Waals surface area contributed by atoms with E-state index in [0.717, 1.165) is 5.56 Å². The smallest absolute Gasteiger partial charge is 0.269 e. The summed E-state index contributed by atoms with van der Waals surface area (Å²) in [5.74, 6) is 0.364. The van der Waals surface area contributed by atoms with Gasteiger partial charge in [-0.05, 0) is 47.0 Å². The van der Waals surface area contributed by atoms with Crippen molar-refractivity contribution in [3.8, 4) is 11.8 Å². The molecule has 0 N–H and O–H groups in total. The molecule has 0 aromatic heterocycles. The first kappa shape index (κ1) is 20.4. The Labute approximate surface area is 177 Å². The molecule has 5 nitrogen and oxygen atoms in total. The maximum Gasteiger partial charge on any atom is 0.269 e. The maximum absolute atomic E-state index is 10.8. The summed E-state index contributed by atoms with van der Waals surface area (Å²) >= 11 is 12.7. The lowest BCUT2D eigenvalue weighted by atomic mass is 10.0. The summed E-state index contributed by atoms with van der Waals surface area (Å²) in [5.41, 5.74) is 2.42. The molecule has 29 heavy (non-hydrogen) atoms. The van der Waals surface area contributed by atoms with Crippen LogP contribution in [-0.2, 0) is 6.61 Å². The fraction of sp³-hybridized carbons (Fsp3) is 0.0455. The van der Waals surface area contributed by atoms with Crippen LogP contribution in [0.15, 0.2) is 66.7 Å². The van der Waals surface area contributed by atoms with Gasteiger partial charge in [-0.2, -0.15) is 5.26 Å². The minimum Gasteiger partial charge on any atom is -0.486 e. The molecule has 0 spiro atoms. The van der Waals surface area contributed by atoms with Crippen LogP contribution in [0.5, 0.6) is 5.75 Å². The molecule has 0 saturated heterocycles. The fourth-order valence-corrected chi connectivity index (χ4v) is 3.25. The van der Waals surface area contributed by atoms with E-state index in [9.17, 15) is 15.4 Å². The average molecular weight is 425 g/mol. The number of hydrogen-bond donors (Lipinski definition) is 0. The van der Waals surface area contributed by atoms with Crippen molar-refractivity contribution in [2.75, 3.05) is 0 Å². The van der Waals surface area contributed by atoms with Crippen molar-refractivity contribution in [3.63, 3.8) is 0 Å². The van der Waals surface area contributed by atoms with Crippen molar-refractivity contribution in [1.82, 2.24) is 0 Å². The largest absolute Gasteiger partial charge is 0.486 e. The molecule has 3 aromatic rings. The molecular formula is C22H14Cl2N2O3. The number of hydrogen-bond acceptors (Lipinski definition) is 4. The van der Waals surface area contributed by atoms with E-state index >= 15 is 0 Å². The van der Waals surface area contributed by atoms with E-state index in [1.54, 1.807) is 18.2 Å². The molecule has 0 fully saturated rings. The van der Waals surface area contributed by atoms with E-state index < -0.39 is 4.92 Å². The highest BCUT2D eigenvalue weighted by molar-refractivity contribution is 6.37. The molecule has 0 heterocycles. The van der Waals surface area contributed by atoms with Gasteiger partial charge in [0.1, 0.15) is 6.61 Å². The molecule has 0 amide bonds. The molecule has 0 saturated carbocycles. The van der Waals surface area contributed by atoms with E-state index in [2.05, 4.69) is 6.07 Å². The Balaban J connectivity index is 1.84. The van der Waals surface area contributed by atoms with Gasteiger partial charge in [0, 0.05) is 12.1 Å². The molecule has 7 heteroatoms. The van der Waals surface area contributed by atoms with E-state index in [1.165, 1.54) is 24.3 Å². The molecule has 0 radical (unpaired) electrons. The third-order valence-corrected chi connectivity index (χ3v) is 4.63. The Morgan fingerprint density at radius 2 is 1.69 bits per heavy atom. The van der Waals surface area contributed by atoms with Crippen molar-refractivity contribution >= 4 is 40.5 Å². The molecular weight excluding hydrogens is 411 g/mol. The van der Waals surface area contributed by atoms with Crippen LogP contribution in [0.1, 0.15) is 16.7 Å². The molecule has 0 aliphatic rings. The number of nitrogens with zero attached hydrogens (tertiary/aromatic N) is 2. The maximum atomic E-state index is 10.8. The van der Waals surface area contributed by atoms with E-state index in [4.69, 9.17) is 27.9 Å². The summed E-state index contributed by atoms with van der Waals surface area (Å²) in [5, 5.41) is 20.9. The van der Waals surface area contributed by atoms with E-state index in [1.807, 2.05) is 30.3 Å². The van der Waals surface area contributed by atoms with Crippen LogP contribution in [0.4, 0.5) is 5.69 Å². The van der Waals surface area contributed by atoms with Gasteiger partial charge in [-0.25, -0.2) is 0 Å². The summed E-state index contributed by atoms with van der Waals surface area (Å²) in [6.45, 7) is 0.321. The Morgan fingerprint density at radius 3 is 2.24 bits per heavy atom. The number of ether oxygens (including phenoxy) is 1. The SMILES string of the molecule is N#C/C(=C\c1cc(Cl)c(OCc2ccccc2)c(Cl)c1)c1ccc([N+](=O)[O-])cc1. The lowest BCUT2D eigenvalue weighted by molar-refractivity contribution is -0.384. The van der Waals surface area contributed by atoms with Gasteiger partial charge < -0.3 is 4.74 Å². The summed E-state index contributed by atoms with van der Waals surface area (Å²) in [6.07, 6.45) is 1.61. The van der Waals surface area contributed by atoms with Crippen LogP contribution in [-0.4, -0.2) is 4.92 Å². The third-order valence-electron chi connectivity index (χ3n) is 4.07. The van der Waals surface area contributed by atoms with Crippen molar-refractivity contribution < 1.29 is 9.66 Å². The predicted octanol–water partition coefficient (Wildman–Crippen LogP) is 6.54. The molecule has 144 valence electrons. The summed E-state index contributed by atoms with van der Waals surface area (Å²) < 4.78 is 5.75. The zero-order chi connectivity index (χ0) is 20.8. The molecule has 0 aliphatic carbocycles. The number of allylic oxidation sites excluding steroid dienone is 1. The number of non-ortho nitro benzene ring substituents is 1. The first-order valence-corrected chi connectivity index (χ1v) is 9.26. The van der Waals surface area contributed by atoms with Crippen LogP contribution < -0.4 is 4.74 Å². The highest BCUT2D eigenvalue weighted by Crippen LogP contribution is 2.36. The normalized spacial score (nSPS) is 11.0. The van der Waals surface area contributed by atoms with Gasteiger partial charge in [0.25, 0.3) is 5.69 Å². The average Bonchev–Trinajstić information content (AvgIpc) is 2.72. The minimum absolute atomic E-state index is 0.0444. The Bertz CT molecular complexity index is 1080. The number of rotatable bonds is 6. The van der Waals surface area contributed by atoms with Crippen molar-refractivity contribution in [2.24, 2.45) is 0 Å². The van der Waals surface area contributed by atoms with Gasteiger partial charge in [-0.3, -0.25) is 10.1 Å². The fourth-order valence-electron chi connectivity index (χ4n) is 2.64. The van der Waals surface area contributed by atoms with Gasteiger partial charge in [0.2, 0.25) is 0 Å². The molecule has 0 atom stereocenters. The molecule has 0 unspecified atom stereocenters. The third kappa shape index (κ3) is 5.14. The molecule has 0 bridgehead atoms. The van der Waals surface area contributed by atoms with Crippen LogP contribution in [0, 0.1) is 21.4 Å². The van der Waals surface area contributed by atoms with Crippen LogP contribution in [0.3, 0.4) is 0 Å². The lowest BCUT2D eigenvalue weighted by Crippen LogP contribution is -1.96. The quantitative estimate of drug-likeness (QED) is 0.194. The topological polar surface area (TPSA) is 76.2 Å². The predicted molar refractivity (Wildman–Crippen MR) is 114 cm³/mol. The summed E-state index contributed by atoms with van der Waals surface area (Å²) in [7, 11) is 0. The number of halogens is 2. The van der Waals surface area contributed by atoms with E-state index in [-0.39, 0.29) is 5.69 Å². The number of nitro benzene ring substituents is 1. The first-order chi connectivity index (χ1) is 14.0. The lowest BCUT2D eigenvalue weighted by Gasteiger charge is -2.11. The van der Waals surface area contributed by atoms with Gasteiger partial charge in [-0.15, -0.1) is 0 Å². The molecule has 3 rings (SSSR count). The van der Waals surface area contributed by atoms with Gasteiger partial charge >= 0.3 is 0 Å². The van der Waals surface area contributed by atoms with Crippen LogP contribution in [0.25, 0.3) is 11.6 Å². The van der Waals surface area contributed by atoms with Gasteiger partial charge in [0.15, 0.2) is 5.75 Å². The van der Waals surface area contributed by atoms with Crippen molar-refractivity contribution in [1.29, 1.82) is 5.26 Å². The zero-order valence-electron chi connectivity index (χ0n) is 15.0. The van der Waals surface area contributed by atoms with Gasteiger partial charge in [0.05, 0.1) is 26.6 Å². The van der Waals surface area contributed by atoms with Crippen molar-refractivity contribution in [2.45, 2.75) is 6.61 Å². The minimum atomic E-state index is -0.493. The highest BCUT2D eigenvalue weighted by atomic mass is 35.5. The Kier molecular flexibility index (Phi) is 6.50. The summed E-state index contributed by atoms with van der Waals surface area (Å²) in [4.78, 5) is 10.3. The number of benzene rings is 3. The van der Waals surface area contributed by atoms with Gasteiger partial charge in [-0.1, -0.05) is 53.5 Å². The standard InChI is InChI=1S/C22H14Cl2N2O3/c23-20-11-16(10-18(13-25)17-6-8-19(9-7-17)26(27)28)12-21(24)22(20)29-14-15-4-2-1-3-5-15/h1-12H,14H2/b18-10+.